The van der Waals surface area contributed by atoms with Crippen LogP contribution in [0.4, 0.5) is 0 Å². The molecule has 106 valence electrons. The summed E-state index contributed by atoms with van der Waals surface area (Å²) < 4.78 is 7.25. The van der Waals surface area contributed by atoms with Gasteiger partial charge in [-0.25, -0.2) is 4.79 Å². The molecule has 0 spiro atoms. The van der Waals surface area contributed by atoms with E-state index < -0.39 is 11.7 Å². The SMILES string of the molecule is CCOC(=O)C(C)NCc1cc(=O)n(C)c(=O)n1C. The lowest BCUT2D eigenvalue weighted by molar-refractivity contribution is -0.145. The smallest absolute Gasteiger partial charge is 0.330 e. The molecule has 7 heteroatoms. The summed E-state index contributed by atoms with van der Waals surface area (Å²) >= 11 is 0. The molecule has 0 saturated heterocycles. The average molecular weight is 269 g/mol. The van der Waals surface area contributed by atoms with Crippen molar-refractivity contribution in [1.82, 2.24) is 14.5 Å². The third-order valence-electron chi connectivity index (χ3n) is 2.85. The van der Waals surface area contributed by atoms with E-state index in [1.54, 1.807) is 20.9 Å². The van der Waals surface area contributed by atoms with Gasteiger partial charge < -0.3 is 4.74 Å². The minimum atomic E-state index is -0.501. The Morgan fingerprint density at radius 1 is 1.37 bits per heavy atom. The standard InChI is InChI=1S/C12H19N3O4/c1-5-19-11(17)8(2)13-7-9-6-10(16)15(4)12(18)14(9)3/h6,8,13H,5,7H2,1-4H3. The first-order chi connectivity index (χ1) is 8.88. The molecule has 0 amide bonds. The number of hydrogen-bond acceptors (Lipinski definition) is 5. The number of ether oxygens (including phenoxy) is 1. The van der Waals surface area contributed by atoms with Crippen molar-refractivity contribution in [1.29, 1.82) is 0 Å². The molecule has 1 atom stereocenters. The molecule has 1 aromatic heterocycles. The molecular weight excluding hydrogens is 250 g/mol. The average Bonchev–Trinajstić information content (AvgIpc) is 2.38. The van der Waals surface area contributed by atoms with Gasteiger partial charge in [-0.3, -0.25) is 24.0 Å². The summed E-state index contributed by atoms with van der Waals surface area (Å²) in [4.78, 5) is 34.6. The summed E-state index contributed by atoms with van der Waals surface area (Å²) in [7, 11) is 3.00. The Kier molecular flexibility index (Phi) is 5.05. The van der Waals surface area contributed by atoms with E-state index in [1.807, 2.05) is 0 Å². The van der Waals surface area contributed by atoms with Crippen molar-refractivity contribution < 1.29 is 9.53 Å². The van der Waals surface area contributed by atoms with Crippen molar-refractivity contribution in [2.45, 2.75) is 26.4 Å². The zero-order valence-corrected chi connectivity index (χ0v) is 11.6. The van der Waals surface area contributed by atoms with Crippen LogP contribution in [0.3, 0.4) is 0 Å². The van der Waals surface area contributed by atoms with Crippen LogP contribution in [0.2, 0.25) is 0 Å². The predicted octanol–water partition coefficient (Wildman–Crippen LogP) is -0.875. The van der Waals surface area contributed by atoms with Crippen LogP contribution in [-0.4, -0.2) is 27.8 Å². The minimum Gasteiger partial charge on any atom is -0.465 e. The van der Waals surface area contributed by atoms with Crippen LogP contribution in [-0.2, 0) is 30.2 Å². The van der Waals surface area contributed by atoms with Crippen LogP contribution in [0.15, 0.2) is 15.7 Å². The van der Waals surface area contributed by atoms with Crippen molar-refractivity contribution in [3.8, 4) is 0 Å². The first-order valence-electron chi connectivity index (χ1n) is 6.04. The lowest BCUT2D eigenvalue weighted by Gasteiger charge is -2.14. The molecule has 7 nitrogen and oxygen atoms in total. The molecule has 1 rings (SSSR count). The Balaban J connectivity index is 2.82. The number of carbonyl (C=O) groups excluding carboxylic acids is 1. The highest BCUT2D eigenvalue weighted by Gasteiger charge is 2.14. The van der Waals surface area contributed by atoms with Gasteiger partial charge in [-0.2, -0.15) is 0 Å². The topological polar surface area (TPSA) is 82.3 Å². The summed E-state index contributed by atoms with van der Waals surface area (Å²) in [6.45, 7) is 3.95. The van der Waals surface area contributed by atoms with Crippen LogP contribution < -0.4 is 16.6 Å². The molecule has 0 bridgehead atoms. The number of nitrogens with one attached hydrogen (secondary N) is 1. The number of carbonyl (C=O) groups is 1. The highest BCUT2D eigenvalue weighted by Crippen LogP contribution is 1.94. The number of aromatic nitrogens is 2. The number of rotatable bonds is 5. The molecule has 0 radical (unpaired) electrons. The molecule has 0 saturated carbocycles. The van der Waals surface area contributed by atoms with E-state index >= 15 is 0 Å². The Morgan fingerprint density at radius 2 is 2.00 bits per heavy atom. The third kappa shape index (κ3) is 3.54. The zero-order valence-electron chi connectivity index (χ0n) is 11.6. The monoisotopic (exact) mass is 269 g/mol. The van der Waals surface area contributed by atoms with Gasteiger partial charge in [0.05, 0.1) is 6.61 Å². The fourth-order valence-corrected chi connectivity index (χ4v) is 1.56. The first-order valence-corrected chi connectivity index (χ1v) is 6.04. The van der Waals surface area contributed by atoms with Crippen LogP contribution in [0.5, 0.6) is 0 Å². The summed E-state index contributed by atoms with van der Waals surface area (Å²) in [5, 5.41) is 2.92. The van der Waals surface area contributed by atoms with E-state index in [0.717, 1.165) is 4.57 Å². The second-order valence-electron chi connectivity index (χ2n) is 4.23. The van der Waals surface area contributed by atoms with Gasteiger partial charge in [0.25, 0.3) is 5.56 Å². The summed E-state index contributed by atoms with van der Waals surface area (Å²) in [5.41, 5.74) is -0.249. The van der Waals surface area contributed by atoms with E-state index in [9.17, 15) is 14.4 Å². The second-order valence-corrected chi connectivity index (χ2v) is 4.23. The van der Waals surface area contributed by atoms with E-state index in [4.69, 9.17) is 4.74 Å². The molecule has 19 heavy (non-hydrogen) atoms. The number of nitrogens with zero attached hydrogens (tertiary/aromatic N) is 2. The molecule has 0 aromatic carbocycles. The molecule has 0 aliphatic carbocycles. The second kappa shape index (κ2) is 6.33. The maximum Gasteiger partial charge on any atom is 0.330 e. The van der Waals surface area contributed by atoms with Crippen LogP contribution >= 0.6 is 0 Å². The van der Waals surface area contributed by atoms with Gasteiger partial charge in [0.15, 0.2) is 0 Å². The molecule has 0 aliphatic heterocycles. The molecule has 0 aliphatic rings. The predicted molar refractivity (Wildman–Crippen MR) is 69.9 cm³/mol. The molecular formula is C12H19N3O4. The highest BCUT2D eigenvalue weighted by molar-refractivity contribution is 5.75. The van der Waals surface area contributed by atoms with E-state index in [0.29, 0.717) is 12.3 Å². The normalized spacial score (nSPS) is 12.2. The zero-order chi connectivity index (χ0) is 14.6. The Labute approximate surface area is 110 Å². The largest absolute Gasteiger partial charge is 0.465 e. The van der Waals surface area contributed by atoms with Crippen LogP contribution in [0, 0.1) is 0 Å². The summed E-state index contributed by atoms with van der Waals surface area (Å²) in [6.07, 6.45) is 0. The van der Waals surface area contributed by atoms with Gasteiger partial charge in [-0.15, -0.1) is 0 Å². The number of hydrogen-bond donors (Lipinski definition) is 1. The van der Waals surface area contributed by atoms with Gasteiger partial charge in [-0.1, -0.05) is 0 Å². The maximum absolute atomic E-state index is 11.7. The fraction of sp³-hybridized carbons (Fsp3) is 0.583. The first kappa shape index (κ1) is 15.2. The summed E-state index contributed by atoms with van der Waals surface area (Å²) in [6, 6.07) is 0.867. The maximum atomic E-state index is 11.7. The van der Waals surface area contributed by atoms with E-state index in [1.165, 1.54) is 17.7 Å². The van der Waals surface area contributed by atoms with Gasteiger partial charge in [-0.05, 0) is 13.8 Å². The molecule has 1 N–H and O–H groups in total. The van der Waals surface area contributed by atoms with Crippen molar-refractivity contribution in [2.75, 3.05) is 6.61 Å². The fourth-order valence-electron chi connectivity index (χ4n) is 1.56. The number of esters is 1. The molecule has 1 aromatic rings. The lowest BCUT2D eigenvalue weighted by Crippen LogP contribution is -2.41. The third-order valence-corrected chi connectivity index (χ3v) is 2.85. The van der Waals surface area contributed by atoms with Gasteiger partial charge in [0.2, 0.25) is 0 Å². The highest BCUT2D eigenvalue weighted by atomic mass is 16.5. The van der Waals surface area contributed by atoms with Crippen molar-refractivity contribution >= 4 is 5.97 Å². The van der Waals surface area contributed by atoms with E-state index in [-0.39, 0.29) is 18.1 Å². The van der Waals surface area contributed by atoms with Gasteiger partial charge in [0, 0.05) is 32.4 Å². The molecule has 1 heterocycles. The Bertz CT molecular complexity index is 573. The Morgan fingerprint density at radius 3 is 2.58 bits per heavy atom. The summed E-state index contributed by atoms with van der Waals surface area (Å²) in [5.74, 6) is -0.365. The van der Waals surface area contributed by atoms with Crippen LogP contribution in [0.25, 0.3) is 0 Å². The lowest BCUT2D eigenvalue weighted by atomic mass is 10.3. The van der Waals surface area contributed by atoms with Crippen molar-refractivity contribution in [3.63, 3.8) is 0 Å². The van der Waals surface area contributed by atoms with Crippen molar-refractivity contribution in [3.05, 3.63) is 32.6 Å². The van der Waals surface area contributed by atoms with E-state index in [2.05, 4.69) is 5.32 Å². The van der Waals surface area contributed by atoms with Gasteiger partial charge in [0.1, 0.15) is 6.04 Å². The van der Waals surface area contributed by atoms with Crippen LogP contribution in [0.1, 0.15) is 19.5 Å². The minimum absolute atomic E-state index is 0.238. The molecule has 0 fully saturated rings. The Hall–Kier alpha value is -1.89. The quantitative estimate of drug-likeness (QED) is 0.702. The van der Waals surface area contributed by atoms with Gasteiger partial charge >= 0.3 is 11.7 Å². The molecule has 1 unspecified atom stereocenters. The van der Waals surface area contributed by atoms with Crippen molar-refractivity contribution in [2.24, 2.45) is 14.1 Å².